The second-order valence-electron chi connectivity index (χ2n) is 6.11. The van der Waals surface area contributed by atoms with Gasteiger partial charge >= 0.3 is 6.09 Å². The van der Waals surface area contributed by atoms with Gasteiger partial charge in [-0.25, -0.2) is 4.79 Å². The van der Waals surface area contributed by atoms with Gasteiger partial charge in [-0.1, -0.05) is 61.7 Å². The van der Waals surface area contributed by atoms with Gasteiger partial charge in [0, 0.05) is 0 Å². The summed E-state index contributed by atoms with van der Waals surface area (Å²) >= 11 is 0. The van der Waals surface area contributed by atoms with Crippen molar-refractivity contribution >= 4 is 14.2 Å². The fourth-order valence-electron chi connectivity index (χ4n) is 1.67. The van der Waals surface area contributed by atoms with E-state index in [0.29, 0.717) is 0 Å². The quantitative estimate of drug-likeness (QED) is 0.822. The highest BCUT2D eigenvalue weighted by Crippen LogP contribution is 2.11. The van der Waals surface area contributed by atoms with Crippen LogP contribution in [0.15, 0.2) is 42.1 Å². The van der Waals surface area contributed by atoms with Gasteiger partial charge in [0.05, 0.1) is 14.1 Å². The van der Waals surface area contributed by atoms with Crippen molar-refractivity contribution in [3.63, 3.8) is 0 Å². The highest BCUT2D eigenvalue weighted by atomic mass is 28.3. The standard InChI is InChI=1S/C16H25NO2Si/c1-13(11-12-20(3,4)5)19-16(18)17-14(2)15-9-7-6-8-10-15/h6-14H,1-5H3,(H,17,18)/b12-11+. The van der Waals surface area contributed by atoms with E-state index in [0.717, 1.165) is 5.56 Å². The Morgan fingerprint density at radius 2 is 1.80 bits per heavy atom. The molecule has 4 heteroatoms. The van der Waals surface area contributed by atoms with Crippen LogP contribution in [0.25, 0.3) is 0 Å². The number of alkyl carbamates (subject to hydrolysis) is 1. The summed E-state index contributed by atoms with van der Waals surface area (Å²) in [7, 11) is -1.25. The van der Waals surface area contributed by atoms with Crippen molar-refractivity contribution in [1.29, 1.82) is 0 Å². The first-order valence-corrected chi connectivity index (χ1v) is 10.6. The van der Waals surface area contributed by atoms with Gasteiger partial charge in [-0.2, -0.15) is 0 Å². The largest absolute Gasteiger partial charge is 0.442 e. The third-order valence-electron chi connectivity index (χ3n) is 2.79. The Bertz CT molecular complexity index is 451. The molecule has 1 aromatic carbocycles. The fraction of sp³-hybridized carbons (Fsp3) is 0.438. The van der Waals surface area contributed by atoms with Crippen molar-refractivity contribution in [3.8, 4) is 0 Å². The topological polar surface area (TPSA) is 38.3 Å². The molecule has 1 rings (SSSR count). The molecule has 1 aromatic rings. The van der Waals surface area contributed by atoms with E-state index in [2.05, 4.69) is 30.7 Å². The van der Waals surface area contributed by atoms with Crippen molar-refractivity contribution in [2.24, 2.45) is 0 Å². The number of hydrogen-bond donors (Lipinski definition) is 1. The molecule has 0 aliphatic carbocycles. The van der Waals surface area contributed by atoms with Gasteiger partial charge in [0.2, 0.25) is 0 Å². The maximum Gasteiger partial charge on any atom is 0.408 e. The third-order valence-corrected chi connectivity index (χ3v) is 3.99. The van der Waals surface area contributed by atoms with Gasteiger partial charge in [-0.3, -0.25) is 0 Å². The lowest BCUT2D eigenvalue weighted by molar-refractivity contribution is 0.124. The molecule has 0 aliphatic rings. The summed E-state index contributed by atoms with van der Waals surface area (Å²) in [6.07, 6.45) is 1.39. The number of amides is 1. The monoisotopic (exact) mass is 291 g/mol. The zero-order valence-corrected chi connectivity index (χ0v) is 14.0. The lowest BCUT2D eigenvalue weighted by atomic mass is 10.1. The third kappa shape index (κ3) is 6.57. The lowest BCUT2D eigenvalue weighted by Gasteiger charge is -2.17. The summed E-state index contributed by atoms with van der Waals surface area (Å²) < 4.78 is 5.32. The number of benzene rings is 1. The Labute approximate surface area is 123 Å². The Kier molecular flexibility index (Phi) is 6.01. The van der Waals surface area contributed by atoms with Crippen LogP contribution in [0, 0.1) is 0 Å². The predicted octanol–water partition coefficient (Wildman–Crippen LogP) is 4.30. The molecule has 2 atom stereocenters. The molecular formula is C16H25NO2Si. The van der Waals surface area contributed by atoms with Crippen molar-refractivity contribution < 1.29 is 9.53 Å². The number of hydrogen-bond acceptors (Lipinski definition) is 2. The van der Waals surface area contributed by atoms with Gasteiger partial charge in [-0.05, 0) is 19.4 Å². The first-order valence-electron chi connectivity index (χ1n) is 6.99. The summed E-state index contributed by atoms with van der Waals surface area (Å²) in [6, 6.07) is 9.78. The van der Waals surface area contributed by atoms with Crippen molar-refractivity contribution in [1.82, 2.24) is 5.32 Å². The molecule has 0 aromatic heterocycles. The summed E-state index contributed by atoms with van der Waals surface area (Å²) in [5.41, 5.74) is 3.25. The minimum atomic E-state index is -1.25. The molecule has 3 nitrogen and oxygen atoms in total. The molecule has 0 spiro atoms. The Morgan fingerprint density at radius 3 is 2.35 bits per heavy atom. The van der Waals surface area contributed by atoms with E-state index >= 15 is 0 Å². The molecule has 1 N–H and O–H groups in total. The zero-order chi connectivity index (χ0) is 15.2. The first-order chi connectivity index (χ1) is 9.28. The minimum absolute atomic E-state index is 0.0585. The molecule has 0 radical (unpaired) electrons. The van der Waals surface area contributed by atoms with Crippen LogP contribution < -0.4 is 5.32 Å². The number of ether oxygens (including phenoxy) is 1. The molecule has 110 valence electrons. The van der Waals surface area contributed by atoms with Crippen LogP contribution in [0.3, 0.4) is 0 Å². The summed E-state index contributed by atoms with van der Waals surface area (Å²) in [5.74, 6) is 0. The number of rotatable bonds is 5. The highest BCUT2D eigenvalue weighted by molar-refractivity contribution is 6.80. The fourth-order valence-corrected chi connectivity index (χ4v) is 2.52. The average molecular weight is 291 g/mol. The van der Waals surface area contributed by atoms with E-state index in [1.165, 1.54) is 0 Å². The van der Waals surface area contributed by atoms with Crippen LogP contribution in [0.2, 0.25) is 19.6 Å². The average Bonchev–Trinajstić information content (AvgIpc) is 2.36. The van der Waals surface area contributed by atoms with Crippen molar-refractivity contribution in [3.05, 3.63) is 47.7 Å². The first kappa shape index (κ1) is 16.5. The predicted molar refractivity (Wildman–Crippen MR) is 86.4 cm³/mol. The molecule has 1 amide bonds. The van der Waals surface area contributed by atoms with Crippen LogP contribution in [0.5, 0.6) is 0 Å². The Hall–Kier alpha value is -1.55. The van der Waals surface area contributed by atoms with Crippen LogP contribution >= 0.6 is 0 Å². The number of carbonyl (C=O) groups excluding carboxylic acids is 1. The van der Waals surface area contributed by atoms with Gasteiger partial charge in [0.1, 0.15) is 6.10 Å². The molecule has 0 heterocycles. The maximum absolute atomic E-state index is 11.8. The van der Waals surface area contributed by atoms with Crippen molar-refractivity contribution in [2.45, 2.75) is 45.6 Å². The second kappa shape index (κ2) is 7.29. The van der Waals surface area contributed by atoms with Crippen LogP contribution in [-0.2, 0) is 4.74 Å². The molecule has 0 bridgehead atoms. The molecule has 0 saturated heterocycles. The molecule has 2 unspecified atom stereocenters. The Balaban J connectivity index is 2.46. The van der Waals surface area contributed by atoms with Gasteiger partial charge in [-0.15, -0.1) is 0 Å². The maximum atomic E-state index is 11.8. The SMILES string of the molecule is CC(/C=C/[Si](C)(C)C)OC(=O)NC(C)c1ccccc1. The number of nitrogens with one attached hydrogen (secondary N) is 1. The lowest BCUT2D eigenvalue weighted by Crippen LogP contribution is -2.30. The minimum Gasteiger partial charge on any atom is -0.442 e. The van der Waals surface area contributed by atoms with E-state index in [9.17, 15) is 4.79 Å². The van der Waals surface area contributed by atoms with E-state index in [1.54, 1.807) is 0 Å². The van der Waals surface area contributed by atoms with Crippen LogP contribution in [0.1, 0.15) is 25.5 Å². The van der Waals surface area contributed by atoms with Gasteiger partial charge in [0.25, 0.3) is 0 Å². The summed E-state index contributed by atoms with van der Waals surface area (Å²) in [5, 5.41) is 2.84. The zero-order valence-electron chi connectivity index (χ0n) is 13.0. The van der Waals surface area contributed by atoms with E-state index in [-0.39, 0.29) is 18.2 Å². The molecule has 0 aliphatic heterocycles. The van der Waals surface area contributed by atoms with E-state index < -0.39 is 8.07 Å². The number of carbonyl (C=O) groups is 1. The highest BCUT2D eigenvalue weighted by Gasteiger charge is 2.13. The molecule has 20 heavy (non-hydrogen) atoms. The van der Waals surface area contributed by atoms with Crippen LogP contribution in [0.4, 0.5) is 4.79 Å². The Morgan fingerprint density at radius 1 is 1.20 bits per heavy atom. The molecular weight excluding hydrogens is 266 g/mol. The van der Waals surface area contributed by atoms with E-state index in [4.69, 9.17) is 4.74 Å². The van der Waals surface area contributed by atoms with E-state index in [1.807, 2.05) is 50.3 Å². The van der Waals surface area contributed by atoms with Crippen molar-refractivity contribution in [2.75, 3.05) is 0 Å². The van der Waals surface area contributed by atoms with Gasteiger partial charge in [0.15, 0.2) is 0 Å². The van der Waals surface area contributed by atoms with Gasteiger partial charge < -0.3 is 10.1 Å². The smallest absolute Gasteiger partial charge is 0.408 e. The molecule has 0 fully saturated rings. The van der Waals surface area contributed by atoms with Crippen LogP contribution in [-0.4, -0.2) is 20.3 Å². The summed E-state index contributed by atoms with van der Waals surface area (Å²) in [4.78, 5) is 11.8. The second-order valence-corrected chi connectivity index (χ2v) is 11.2. The normalized spacial score (nSPS) is 14.8. The molecule has 0 saturated carbocycles. The summed E-state index contributed by atoms with van der Waals surface area (Å²) in [6.45, 7) is 10.6.